The summed E-state index contributed by atoms with van der Waals surface area (Å²) in [6.07, 6.45) is 2.47. The molecule has 0 amide bonds. The first-order valence-corrected chi connectivity index (χ1v) is 5.31. The standard InChI is InChI=1S/C13H19NO2/c1-4-8-13(15-3)14(2)16-11-12-9-6-5-7-10-12/h4-7,9-10,13H,1,8,11H2,2-3H3. The predicted octanol–water partition coefficient (Wildman–Crippen LogP) is 2.60. The number of nitrogens with zero attached hydrogens (tertiary/aromatic N) is 1. The first-order chi connectivity index (χ1) is 7.77. The van der Waals surface area contributed by atoms with Crippen molar-refractivity contribution in [2.75, 3.05) is 14.2 Å². The van der Waals surface area contributed by atoms with E-state index in [1.807, 2.05) is 43.5 Å². The van der Waals surface area contributed by atoms with Gasteiger partial charge in [0.05, 0.1) is 6.61 Å². The molecule has 0 fully saturated rings. The monoisotopic (exact) mass is 221 g/mol. The Morgan fingerprint density at radius 1 is 1.38 bits per heavy atom. The van der Waals surface area contributed by atoms with Crippen molar-refractivity contribution in [2.24, 2.45) is 0 Å². The smallest absolute Gasteiger partial charge is 0.135 e. The minimum atomic E-state index is -0.0822. The lowest BCUT2D eigenvalue weighted by atomic mass is 10.2. The van der Waals surface area contributed by atoms with Gasteiger partial charge in [-0.25, -0.2) is 0 Å². The number of ether oxygens (including phenoxy) is 1. The second-order valence-corrected chi connectivity index (χ2v) is 3.52. The third-order valence-electron chi connectivity index (χ3n) is 2.32. The summed E-state index contributed by atoms with van der Waals surface area (Å²) in [5, 5.41) is 1.72. The van der Waals surface area contributed by atoms with Crippen molar-refractivity contribution in [1.29, 1.82) is 0 Å². The van der Waals surface area contributed by atoms with Crippen LogP contribution in [0.2, 0.25) is 0 Å². The largest absolute Gasteiger partial charge is 0.364 e. The summed E-state index contributed by atoms with van der Waals surface area (Å²) >= 11 is 0. The molecule has 0 aliphatic heterocycles. The molecule has 1 aromatic carbocycles. The Bertz CT molecular complexity index is 300. The van der Waals surface area contributed by atoms with Crippen LogP contribution in [0.5, 0.6) is 0 Å². The molecule has 0 saturated carbocycles. The van der Waals surface area contributed by atoms with Crippen molar-refractivity contribution in [1.82, 2.24) is 5.06 Å². The quantitative estimate of drug-likeness (QED) is 0.401. The molecule has 3 nitrogen and oxygen atoms in total. The molecule has 0 N–H and O–H groups in total. The van der Waals surface area contributed by atoms with Gasteiger partial charge in [-0.1, -0.05) is 36.4 Å². The number of hydroxylamine groups is 2. The Hall–Kier alpha value is -1.16. The van der Waals surface area contributed by atoms with Crippen molar-refractivity contribution in [3.8, 4) is 0 Å². The molecule has 0 aromatic heterocycles. The molecule has 1 aromatic rings. The Morgan fingerprint density at radius 3 is 2.62 bits per heavy atom. The van der Waals surface area contributed by atoms with Gasteiger partial charge in [0.25, 0.3) is 0 Å². The van der Waals surface area contributed by atoms with E-state index in [2.05, 4.69) is 6.58 Å². The Kier molecular flexibility index (Phi) is 5.78. The van der Waals surface area contributed by atoms with Crippen LogP contribution in [0.1, 0.15) is 12.0 Å². The third-order valence-corrected chi connectivity index (χ3v) is 2.32. The van der Waals surface area contributed by atoms with Crippen molar-refractivity contribution in [3.63, 3.8) is 0 Å². The zero-order valence-electron chi connectivity index (χ0n) is 9.93. The number of hydrogen-bond acceptors (Lipinski definition) is 3. The van der Waals surface area contributed by atoms with Crippen LogP contribution in [0, 0.1) is 0 Å². The second kappa shape index (κ2) is 7.17. The van der Waals surface area contributed by atoms with E-state index in [1.54, 1.807) is 12.2 Å². The van der Waals surface area contributed by atoms with Crippen molar-refractivity contribution < 1.29 is 9.57 Å². The Balaban J connectivity index is 2.39. The SMILES string of the molecule is C=CCC(OC)N(C)OCc1ccccc1. The molecule has 16 heavy (non-hydrogen) atoms. The summed E-state index contributed by atoms with van der Waals surface area (Å²) in [4.78, 5) is 5.59. The van der Waals surface area contributed by atoms with Crippen molar-refractivity contribution in [3.05, 3.63) is 48.6 Å². The van der Waals surface area contributed by atoms with Gasteiger partial charge in [0, 0.05) is 20.6 Å². The molecular formula is C13H19NO2. The van der Waals surface area contributed by atoms with Crippen LogP contribution in [0.4, 0.5) is 0 Å². The second-order valence-electron chi connectivity index (χ2n) is 3.52. The zero-order valence-corrected chi connectivity index (χ0v) is 9.93. The highest BCUT2D eigenvalue weighted by Gasteiger charge is 2.12. The van der Waals surface area contributed by atoms with Gasteiger partial charge >= 0.3 is 0 Å². The topological polar surface area (TPSA) is 21.7 Å². The first-order valence-electron chi connectivity index (χ1n) is 5.31. The van der Waals surface area contributed by atoms with Gasteiger partial charge in [0.2, 0.25) is 0 Å². The molecule has 0 bridgehead atoms. The van der Waals surface area contributed by atoms with Crippen LogP contribution in [0.25, 0.3) is 0 Å². The van der Waals surface area contributed by atoms with Gasteiger partial charge in [0.15, 0.2) is 0 Å². The zero-order chi connectivity index (χ0) is 11.8. The highest BCUT2D eigenvalue weighted by atomic mass is 16.7. The maximum Gasteiger partial charge on any atom is 0.135 e. The molecule has 3 heteroatoms. The minimum absolute atomic E-state index is 0.0822. The molecule has 1 rings (SSSR count). The summed E-state index contributed by atoms with van der Waals surface area (Å²) in [6.45, 7) is 4.24. The summed E-state index contributed by atoms with van der Waals surface area (Å²) in [5.41, 5.74) is 1.14. The maximum absolute atomic E-state index is 5.59. The van der Waals surface area contributed by atoms with E-state index >= 15 is 0 Å². The van der Waals surface area contributed by atoms with Crippen molar-refractivity contribution in [2.45, 2.75) is 19.3 Å². The molecule has 0 radical (unpaired) electrons. The van der Waals surface area contributed by atoms with Crippen LogP contribution in [-0.2, 0) is 16.2 Å². The first kappa shape index (κ1) is 12.9. The normalized spacial score (nSPS) is 12.7. The molecule has 1 atom stereocenters. The van der Waals surface area contributed by atoms with Gasteiger partial charge in [-0.15, -0.1) is 6.58 Å². The fraction of sp³-hybridized carbons (Fsp3) is 0.385. The highest BCUT2D eigenvalue weighted by molar-refractivity contribution is 5.13. The lowest BCUT2D eigenvalue weighted by Crippen LogP contribution is -2.32. The van der Waals surface area contributed by atoms with Gasteiger partial charge < -0.3 is 4.74 Å². The Morgan fingerprint density at radius 2 is 2.06 bits per heavy atom. The van der Waals surface area contributed by atoms with Crippen LogP contribution >= 0.6 is 0 Å². The van der Waals surface area contributed by atoms with E-state index < -0.39 is 0 Å². The maximum atomic E-state index is 5.59. The van der Waals surface area contributed by atoms with Gasteiger partial charge in [-0.05, 0) is 5.56 Å². The third kappa shape index (κ3) is 4.14. The molecule has 0 heterocycles. The Labute approximate surface area is 97.2 Å². The molecule has 0 spiro atoms. The summed E-state index contributed by atoms with van der Waals surface area (Å²) < 4.78 is 5.27. The van der Waals surface area contributed by atoms with E-state index in [0.29, 0.717) is 6.61 Å². The summed E-state index contributed by atoms with van der Waals surface area (Å²) in [7, 11) is 3.52. The van der Waals surface area contributed by atoms with Crippen LogP contribution < -0.4 is 0 Å². The lowest BCUT2D eigenvalue weighted by molar-refractivity contribution is -0.237. The van der Waals surface area contributed by atoms with E-state index in [9.17, 15) is 0 Å². The van der Waals surface area contributed by atoms with Crippen LogP contribution in [0.3, 0.4) is 0 Å². The average Bonchev–Trinajstić information content (AvgIpc) is 2.34. The van der Waals surface area contributed by atoms with E-state index in [-0.39, 0.29) is 6.23 Å². The number of methoxy groups -OCH3 is 1. The van der Waals surface area contributed by atoms with Crippen LogP contribution in [-0.4, -0.2) is 25.4 Å². The molecule has 0 aliphatic carbocycles. The highest BCUT2D eigenvalue weighted by Crippen LogP contribution is 2.07. The molecule has 0 saturated heterocycles. The summed E-state index contributed by atoms with van der Waals surface area (Å²) in [5.74, 6) is 0. The minimum Gasteiger partial charge on any atom is -0.364 e. The number of rotatable bonds is 7. The van der Waals surface area contributed by atoms with Gasteiger partial charge in [0.1, 0.15) is 6.23 Å². The van der Waals surface area contributed by atoms with Gasteiger partial charge in [-0.3, -0.25) is 4.84 Å². The average molecular weight is 221 g/mol. The lowest BCUT2D eigenvalue weighted by Gasteiger charge is -2.24. The predicted molar refractivity (Wildman–Crippen MR) is 64.6 cm³/mol. The van der Waals surface area contributed by atoms with Crippen molar-refractivity contribution >= 4 is 0 Å². The summed E-state index contributed by atoms with van der Waals surface area (Å²) in [6, 6.07) is 10.0. The number of benzene rings is 1. The molecule has 88 valence electrons. The fourth-order valence-electron chi connectivity index (χ4n) is 1.37. The van der Waals surface area contributed by atoms with E-state index in [1.165, 1.54) is 0 Å². The number of hydrogen-bond donors (Lipinski definition) is 0. The van der Waals surface area contributed by atoms with E-state index in [4.69, 9.17) is 9.57 Å². The molecule has 0 aliphatic rings. The molecule has 1 unspecified atom stereocenters. The molecular weight excluding hydrogens is 202 g/mol. The van der Waals surface area contributed by atoms with Gasteiger partial charge in [-0.2, -0.15) is 5.06 Å². The van der Waals surface area contributed by atoms with E-state index in [0.717, 1.165) is 12.0 Å². The van der Waals surface area contributed by atoms with Crippen LogP contribution in [0.15, 0.2) is 43.0 Å². The fourth-order valence-corrected chi connectivity index (χ4v) is 1.37.